The molecule has 0 saturated carbocycles. The zero-order valence-corrected chi connectivity index (χ0v) is 16.3. The first-order valence-corrected chi connectivity index (χ1v) is 9.81. The first-order chi connectivity index (χ1) is 12.5. The number of carbonyl (C=O) groups is 2. The van der Waals surface area contributed by atoms with E-state index >= 15 is 0 Å². The Morgan fingerprint density at radius 2 is 1.92 bits per heavy atom. The zero-order chi connectivity index (χ0) is 18.9. The normalized spacial score (nSPS) is 17.0. The minimum Gasteiger partial charge on any atom is -0.494 e. The van der Waals surface area contributed by atoms with Crippen LogP contribution >= 0.6 is 0 Å². The molecule has 144 valence electrons. The molecule has 0 aliphatic carbocycles. The fraction of sp³-hybridized carbons (Fsp3) is 0.619. The van der Waals surface area contributed by atoms with E-state index in [0.29, 0.717) is 26.1 Å². The van der Waals surface area contributed by atoms with Crippen LogP contribution in [0.3, 0.4) is 0 Å². The molecule has 0 bridgehead atoms. The predicted octanol–water partition coefficient (Wildman–Crippen LogP) is 3.31. The van der Waals surface area contributed by atoms with Crippen molar-refractivity contribution in [2.75, 3.05) is 19.7 Å². The molecule has 1 saturated heterocycles. The summed E-state index contributed by atoms with van der Waals surface area (Å²) in [6.07, 6.45) is 3.99. The van der Waals surface area contributed by atoms with Crippen LogP contribution in [0.4, 0.5) is 0 Å². The van der Waals surface area contributed by atoms with E-state index in [1.54, 1.807) is 0 Å². The Balaban J connectivity index is 1.61. The number of hydrogen-bond donors (Lipinski definition) is 1. The molecule has 1 aromatic rings. The molecular weight excluding hydrogens is 328 g/mol. The molecule has 26 heavy (non-hydrogen) atoms. The van der Waals surface area contributed by atoms with E-state index in [-0.39, 0.29) is 23.8 Å². The Kier molecular flexibility index (Phi) is 7.95. The second kappa shape index (κ2) is 10.2. The number of rotatable bonds is 10. The molecule has 2 amide bonds. The summed E-state index contributed by atoms with van der Waals surface area (Å²) >= 11 is 0. The number of ether oxygens (including phenoxy) is 1. The summed E-state index contributed by atoms with van der Waals surface area (Å²) in [6, 6.07) is 8.27. The zero-order valence-electron chi connectivity index (χ0n) is 16.3. The number of aryl methyl sites for hydroxylation is 1. The van der Waals surface area contributed by atoms with Gasteiger partial charge in [-0.25, -0.2) is 0 Å². The first kappa shape index (κ1) is 20.3. The van der Waals surface area contributed by atoms with Crippen LogP contribution < -0.4 is 10.1 Å². The lowest BCUT2D eigenvalue weighted by molar-refractivity contribution is -0.130. The summed E-state index contributed by atoms with van der Waals surface area (Å²) in [4.78, 5) is 26.3. The highest BCUT2D eigenvalue weighted by Gasteiger charge is 2.36. The molecule has 5 nitrogen and oxygen atoms in total. The second-order valence-electron chi connectivity index (χ2n) is 7.08. The summed E-state index contributed by atoms with van der Waals surface area (Å²) in [5, 5.41) is 2.97. The van der Waals surface area contributed by atoms with Crippen LogP contribution in [0.1, 0.15) is 51.5 Å². The number of hydrogen-bond acceptors (Lipinski definition) is 3. The highest BCUT2D eigenvalue weighted by atomic mass is 16.5. The molecule has 1 N–H and O–H groups in total. The van der Waals surface area contributed by atoms with Crippen LogP contribution in [0.5, 0.6) is 5.75 Å². The smallest absolute Gasteiger partial charge is 0.225 e. The third-order valence-electron chi connectivity index (χ3n) is 5.07. The Hall–Kier alpha value is -2.04. The lowest BCUT2D eigenvalue weighted by Gasteiger charge is -2.26. The molecule has 5 heteroatoms. The van der Waals surface area contributed by atoms with Crippen molar-refractivity contribution in [2.45, 2.75) is 58.9 Å². The Morgan fingerprint density at radius 3 is 2.58 bits per heavy atom. The van der Waals surface area contributed by atoms with Crippen LogP contribution in [-0.4, -0.2) is 42.5 Å². The van der Waals surface area contributed by atoms with Crippen LogP contribution in [0.2, 0.25) is 0 Å². The number of likely N-dealkylation sites (tertiary alicyclic amines) is 1. The van der Waals surface area contributed by atoms with Gasteiger partial charge in [0.05, 0.1) is 12.5 Å². The van der Waals surface area contributed by atoms with Gasteiger partial charge in [-0.3, -0.25) is 9.59 Å². The van der Waals surface area contributed by atoms with Gasteiger partial charge in [-0.05, 0) is 44.7 Å². The molecule has 0 aromatic heterocycles. The van der Waals surface area contributed by atoms with Gasteiger partial charge in [0.15, 0.2) is 0 Å². The Labute approximate surface area is 157 Å². The maximum atomic E-state index is 12.3. The van der Waals surface area contributed by atoms with E-state index in [2.05, 4.69) is 19.2 Å². The molecule has 1 atom stereocenters. The van der Waals surface area contributed by atoms with Gasteiger partial charge in [0.2, 0.25) is 11.8 Å². The lowest BCUT2D eigenvalue weighted by atomic mass is 10.1. The van der Waals surface area contributed by atoms with Crippen molar-refractivity contribution in [3.8, 4) is 5.75 Å². The highest BCUT2D eigenvalue weighted by molar-refractivity contribution is 5.89. The average Bonchev–Trinajstić information content (AvgIpc) is 3.02. The number of benzene rings is 1. The van der Waals surface area contributed by atoms with E-state index in [9.17, 15) is 9.59 Å². The molecule has 1 aromatic carbocycles. The summed E-state index contributed by atoms with van der Waals surface area (Å²) < 4.78 is 5.68. The minimum atomic E-state index is -0.202. The van der Waals surface area contributed by atoms with Gasteiger partial charge in [0.1, 0.15) is 5.75 Å². The quantitative estimate of drug-likeness (QED) is 0.651. The van der Waals surface area contributed by atoms with Crippen molar-refractivity contribution in [1.29, 1.82) is 0 Å². The van der Waals surface area contributed by atoms with Crippen LogP contribution in [0, 0.1) is 12.8 Å². The van der Waals surface area contributed by atoms with Crippen molar-refractivity contribution in [2.24, 2.45) is 5.92 Å². The Morgan fingerprint density at radius 1 is 1.23 bits per heavy atom. The molecule has 1 unspecified atom stereocenters. The van der Waals surface area contributed by atoms with E-state index in [4.69, 9.17) is 4.74 Å². The molecule has 0 spiro atoms. The highest BCUT2D eigenvalue weighted by Crippen LogP contribution is 2.23. The van der Waals surface area contributed by atoms with Crippen LogP contribution in [0.25, 0.3) is 0 Å². The molecule has 1 aliphatic rings. The van der Waals surface area contributed by atoms with Crippen LogP contribution in [-0.2, 0) is 9.59 Å². The van der Waals surface area contributed by atoms with Gasteiger partial charge in [0.25, 0.3) is 0 Å². The molecule has 1 aliphatic heterocycles. The third kappa shape index (κ3) is 5.75. The fourth-order valence-corrected chi connectivity index (χ4v) is 3.40. The Bertz CT molecular complexity index is 581. The second-order valence-corrected chi connectivity index (χ2v) is 7.08. The standard InChI is InChI=1S/C21H32N2O3/c1-4-18(5-2)23-15-17(14-20(23)24)21(25)22-12-6-7-13-26-19-10-8-16(3)9-11-19/h8-11,17-18H,4-7,12-15H2,1-3H3,(H,22,25). The molecule has 0 radical (unpaired) electrons. The molecule has 1 heterocycles. The van der Waals surface area contributed by atoms with E-state index in [0.717, 1.165) is 31.4 Å². The molecule has 1 fully saturated rings. The first-order valence-electron chi connectivity index (χ1n) is 9.81. The van der Waals surface area contributed by atoms with Crippen molar-refractivity contribution in [3.05, 3.63) is 29.8 Å². The van der Waals surface area contributed by atoms with Gasteiger partial charge >= 0.3 is 0 Å². The van der Waals surface area contributed by atoms with Gasteiger partial charge in [-0.15, -0.1) is 0 Å². The van der Waals surface area contributed by atoms with E-state index < -0.39 is 0 Å². The van der Waals surface area contributed by atoms with Gasteiger partial charge < -0.3 is 15.0 Å². The van der Waals surface area contributed by atoms with Crippen molar-refractivity contribution >= 4 is 11.8 Å². The van der Waals surface area contributed by atoms with Gasteiger partial charge in [-0.2, -0.15) is 0 Å². The molecule has 2 rings (SSSR count). The van der Waals surface area contributed by atoms with Gasteiger partial charge in [-0.1, -0.05) is 31.5 Å². The summed E-state index contributed by atoms with van der Waals surface area (Å²) in [6.45, 7) is 8.07. The van der Waals surface area contributed by atoms with Crippen molar-refractivity contribution in [1.82, 2.24) is 10.2 Å². The maximum Gasteiger partial charge on any atom is 0.225 e. The maximum absolute atomic E-state index is 12.3. The number of nitrogens with zero attached hydrogens (tertiary/aromatic N) is 1. The van der Waals surface area contributed by atoms with Crippen molar-refractivity contribution in [3.63, 3.8) is 0 Å². The van der Waals surface area contributed by atoms with Crippen LogP contribution in [0.15, 0.2) is 24.3 Å². The molecular formula is C21H32N2O3. The van der Waals surface area contributed by atoms with Gasteiger partial charge in [0, 0.05) is 25.6 Å². The summed E-state index contributed by atoms with van der Waals surface area (Å²) in [7, 11) is 0. The monoisotopic (exact) mass is 360 g/mol. The number of unbranched alkanes of at least 4 members (excludes halogenated alkanes) is 1. The van der Waals surface area contributed by atoms with Crippen molar-refractivity contribution < 1.29 is 14.3 Å². The third-order valence-corrected chi connectivity index (χ3v) is 5.07. The van der Waals surface area contributed by atoms with E-state index in [1.165, 1.54) is 5.56 Å². The topological polar surface area (TPSA) is 58.6 Å². The fourth-order valence-electron chi connectivity index (χ4n) is 3.40. The van der Waals surface area contributed by atoms with E-state index in [1.807, 2.05) is 36.1 Å². The predicted molar refractivity (Wildman–Crippen MR) is 103 cm³/mol. The lowest BCUT2D eigenvalue weighted by Crippen LogP contribution is -2.38. The average molecular weight is 360 g/mol. The number of nitrogens with one attached hydrogen (secondary N) is 1. The summed E-state index contributed by atoms with van der Waals surface area (Å²) in [5.41, 5.74) is 1.22. The SMILES string of the molecule is CCC(CC)N1CC(C(=O)NCCCCOc2ccc(C)cc2)CC1=O. The number of carbonyl (C=O) groups excluding carboxylic acids is 2. The number of amides is 2. The summed E-state index contributed by atoms with van der Waals surface area (Å²) in [5.74, 6) is 0.800. The largest absolute Gasteiger partial charge is 0.494 e. The minimum absolute atomic E-state index is 0.00580.